The molecule has 5 nitrogen and oxygen atoms in total. The first-order valence-corrected chi connectivity index (χ1v) is 6.94. The lowest BCUT2D eigenvalue weighted by Crippen LogP contribution is -2.47. The first kappa shape index (κ1) is 16.9. The lowest BCUT2D eigenvalue weighted by molar-refractivity contribution is -0.132. The smallest absolute Gasteiger partial charge is 0.233 e. The highest BCUT2D eigenvalue weighted by atomic mass is 16.2. The molecule has 1 heterocycles. The molecule has 0 atom stereocenters. The highest BCUT2D eigenvalue weighted by molar-refractivity contribution is 5.78. The summed E-state index contributed by atoms with van der Waals surface area (Å²) in [6, 6.07) is 0.182. The van der Waals surface area contributed by atoms with Gasteiger partial charge in [-0.1, -0.05) is 20.8 Å². The van der Waals surface area contributed by atoms with Gasteiger partial charge in [0, 0.05) is 25.6 Å². The Bertz CT molecular complexity index is 249. The molecule has 0 spiro atoms. The van der Waals surface area contributed by atoms with Crippen molar-refractivity contribution in [2.75, 3.05) is 19.6 Å². The van der Waals surface area contributed by atoms with E-state index >= 15 is 0 Å². The molecule has 0 aliphatic carbocycles. The summed E-state index contributed by atoms with van der Waals surface area (Å²) < 4.78 is 0. The maximum atomic E-state index is 11.6. The summed E-state index contributed by atoms with van der Waals surface area (Å²) in [5, 5.41) is 2.86. The van der Waals surface area contributed by atoms with E-state index in [0.29, 0.717) is 6.42 Å². The van der Waals surface area contributed by atoms with Crippen LogP contribution in [0.2, 0.25) is 0 Å². The Morgan fingerprint density at radius 3 is 2.28 bits per heavy atom. The summed E-state index contributed by atoms with van der Waals surface area (Å²) in [7, 11) is 0. The number of nitrogens with one attached hydrogen (secondary N) is 1. The van der Waals surface area contributed by atoms with Crippen LogP contribution in [0.1, 0.15) is 46.5 Å². The van der Waals surface area contributed by atoms with Gasteiger partial charge in [0.15, 0.2) is 0 Å². The van der Waals surface area contributed by atoms with E-state index in [4.69, 9.17) is 5.73 Å². The second kappa shape index (κ2) is 9.88. The summed E-state index contributed by atoms with van der Waals surface area (Å²) in [6.45, 7) is 7.53. The molecule has 0 radical (unpaired) electrons. The van der Waals surface area contributed by atoms with E-state index in [1.807, 2.05) is 25.7 Å². The minimum absolute atomic E-state index is 0.0367. The standard InChI is InChI=1S/C11H21N3O2.C2H6/c1-2-3-11(16)14-6-4-9(5-7-14)13-10(15)8-12;1-2/h9H,2-8,12H2,1H3,(H,13,15);1-2H3. The van der Waals surface area contributed by atoms with Crippen LogP contribution >= 0.6 is 0 Å². The van der Waals surface area contributed by atoms with Gasteiger partial charge in [-0.2, -0.15) is 0 Å². The number of carbonyl (C=O) groups excluding carboxylic acids is 2. The van der Waals surface area contributed by atoms with Crippen LogP contribution in [-0.4, -0.2) is 42.4 Å². The van der Waals surface area contributed by atoms with Gasteiger partial charge in [-0.15, -0.1) is 0 Å². The first-order valence-electron chi connectivity index (χ1n) is 6.94. The topological polar surface area (TPSA) is 75.4 Å². The molecule has 1 aliphatic heterocycles. The van der Waals surface area contributed by atoms with Crippen molar-refractivity contribution in [3.8, 4) is 0 Å². The number of hydrogen-bond donors (Lipinski definition) is 2. The van der Waals surface area contributed by atoms with Gasteiger partial charge in [0.05, 0.1) is 6.54 Å². The lowest BCUT2D eigenvalue weighted by atomic mass is 10.0. The van der Waals surface area contributed by atoms with Crippen molar-refractivity contribution in [3.05, 3.63) is 0 Å². The van der Waals surface area contributed by atoms with Crippen LogP contribution < -0.4 is 11.1 Å². The zero-order valence-corrected chi connectivity index (χ0v) is 11.9. The van der Waals surface area contributed by atoms with Crippen molar-refractivity contribution in [1.29, 1.82) is 0 Å². The number of nitrogens with two attached hydrogens (primary N) is 1. The SMILES string of the molecule is CC.CCCC(=O)N1CCC(NC(=O)CN)CC1. The number of carbonyl (C=O) groups is 2. The third-order valence-electron chi connectivity index (χ3n) is 2.86. The van der Waals surface area contributed by atoms with Gasteiger partial charge in [-0.25, -0.2) is 0 Å². The third kappa shape index (κ3) is 6.00. The first-order chi connectivity index (χ1) is 8.67. The van der Waals surface area contributed by atoms with Gasteiger partial charge in [0.25, 0.3) is 0 Å². The van der Waals surface area contributed by atoms with Gasteiger partial charge in [0.1, 0.15) is 0 Å². The third-order valence-corrected chi connectivity index (χ3v) is 2.86. The van der Waals surface area contributed by atoms with E-state index < -0.39 is 0 Å². The van der Waals surface area contributed by atoms with Crippen LogP contribution in [0, 0.1) is 0 Å². The fraction of sp³-hybridized carbons (Fsp3) is 0.846. The molecule has 18 heavy (non-hydrogen) atoms. The van der Waals surface area contributed by atoms with Crippen LogP contribution in [0.4, 0.5) is 0 Å². The summed E-state index contributed by atoms with van der Waals surface area (Å²) in [5.74, 6) is 0.115. The highest BCUT2D eigenvalue weighted by Gasteiger charge is 2.22. The second-order valence-electron chi connectivity index (χ2n) is 4.18. The molecule has 0 aromatic carbocycles. The quantitative estimate of drug-likeness (QED) is 0.785. The molecule has 2 amide bonds. The summed E-state index contributed by atoms with van der Waals surface area (Å²) in [6.07, 6.45) is 3.19. The number of piperidine rings is 1. The number of nitrogens with zero attached hydrogens (tertiary/aromatic N) is 1. The number of hydrogen-bond acceptors (Lipinski definition) is 3. The monoisotopic (exact) mass is 257 g/mol. The average Bonchev–Trinajstić information content (AvgIpc) is 2.42. The molecular formula is C13H27N3O2. The van der Waals surface area contributed by atoms with Crippen molar-refractivity contribution in [3.63, 3.8) is 0 Å². The van der Waals surface area contributed by atoms with E-state index in [9.17, 15) is 9.59 Å². The average molecular weight is 257 g/mol. The largest absolute Gasteiger partial charge is 0.352 e. The fourth-order valence-electron chi connectivity index (χ4n) is 1.93. The summed E-state index contributed by atoms with van der Waals surface area (Å²) in [4.78, 5) is 24.6. The molecule has 1 aliphatic rings. The molecule has 1 saturated heterocycles. The second-order valence-corrected chi connectivity index (χ2v) is 4.18. The van der Waals surface area contributed by atoms with E-state index in [2.05, 4.69) is 5.32 Å². The maximum Gasteiger partial charge on any atom is 0.233 e. The molecule has 5 heteroatoms. The molecule has 0 bridgehead atoms. The number of rotatable bonds is 4. The van der Waals surface area contributed by atoms with Crippen molar-refractivity contribution in [2.24, 2.45) is 5.73 Å². The van der Waals surface area contributed by atoms with E-state index in [1.165, 1.54) is 0 Å². The van der Waals surface area contributed by atoms with Crippen LogP contribution in [0.3, 0.4) is 0 Å². The Labute approximate surface area is 110 Å². The predicted octanol–water partition coefficient (Wildman–Crippen LogP) is 0.879. The Morgan fingerprint density at radius 2 is 1.83 bits per heavy atom. The molecular weight excluding hydrogens is 230 g/mol. The number of likely N-dealkylation sites (tertiary alicyclic amines) is 1. The molecule has 0 aromatic rings. The van der Waals surface area contributed by atoms with Gasteiger partial charge in [-0.3, -0.25) is 9.59 Å². The number of amides is 2. The molecule has 1 rings (SSSR count). The Balaban J connectivity index is 0.00000137. The molecule has 0 saturated carbocycles. The van der Waals surface area contributed by atoms with Crippen molar-refractivity contribution in [1.82, 2.24) is 10.2 Å². The molecule has 106 valence electrons. The molecule has 1 fully saturated rings. The van der Waals surface area contributed by atoms with Gasteiger partial charge in [0.2, 0.25) is 11.8 Å². The van der Waals surface area contributed by atoms with E-state index in [0.717, 1.165) is 32.4 Å². The van der Waals surface area contributed by atoms with Crippen LogP contribution in [0.15, 0.2) is 0 Å². The minimum Gasteiger partial charge on any atom is -0.352 e. The lowest BCUT2D eigenvalue weighted by Gasteiger charge is -2.32. The molecule has 0 aromatic heterocycles. The highest BCUT2D eigenvalue weighted by Crippen LogP contribution is 2.11. The maximum absolute atomic E-state index is 11.6. The Morgan fingerprint density at radius 1 is 1.28 bits per heavy atom. The van der Waals surface area contributed by atoms with Crippen molar-refractivity contribution in [2.45, 2.75) is 52.5 Å². The van der Waals surface area contributed by atoms with Crippen LogP contribution in [0.25, 0.3) is 0 Å². The normalized spacial score (nSPS) is 15.7. The van der Waals surface area contributed by atoms with E-state index in [-0.39, 0.29) is 24.4 Å². The van der Waals surface area contributed by atoms with E-state index in [1.54, 1.807) is 0 Å². The van der Waals surface area contributed by atoms with Gasteiger partial charge in [-0.05, 0) is 19.3 Å². The fourth-order valence-corrected chi connectivity index (χ4v) is 1.93. The Kier molecular flexibility index (Phi) is 9.28. The van der Waals surface area contributed by atoms with Crippen molar-refractivity contribution < 1.29 is 9.59 Å². The Hall–Kier alpha value is -1.10. The zero-order valence-electron chi connectivity index (χ0n) is 11.9. The summed E-state index contributed by atoms with van der Waals surface area (Å²) >= 11 is 0. The van der Waals surface area contributed by atoms with Gasteiger partial charge >= 0.3 is 0 Å². The zero-order chi connectivity index (χ0) is 14.0. The van der Waals surface area contributed by atoms with Crippen LogP contribution in [-0.2, 0) is 9.59 Å². The summed E-state index contributed by atoms with van der Waals surface area (Å²) in [5.41, 5.74) is 5.23. The molecule has 0 unspecified atom stereocenters. The van der Waals surface area contributed by atoms with Crippen LogP contribution in [0.5, 0.6) is 0 Å². The van der Waals surface area contributed by atoms with Crippen molar-refractivity contribution >= 4 is 11.8 Å². The molecule has 3 N–H and O–H groups in total. The minimum atomic E-state index is -0.113. The predicted molar refractivity (Wildman–Crippen MR) is 73.1 cm³/mol. The van der Waals surface area contributed by atoms with Gasteiger partial charge < -0.3 is 16.0 Å².